The number of hydrogen-bond donors (Lipinski definition) is 2. The molecule has 0 unspecified atom stereocenters. The first-order valence-corrected chi connectivity index (χ1v) is 4.79. The first kappa shape index (κ1) is 11.2. The zero-order chi connectivity index (χ0) is 11.3. The van der Waals surface area contributed by atoms with E-state index in [0.29, 0.717) is 5.57 Å². The molecule has 1 heterocycles. The molecule has 0 fully saturated rings. The SMILES string of the molecule is C=CC(C(=N)N=C)=C1C=CNC(CC)=C1. The van der Waals surface area contributed by atoms with Crippen LogP contribution in [0.25, 0.3) is 0 Å². The van der Waals surface area contributed by atoms with Crippen LogP contribution >= 0.6 is 0 Å². The van der Waals surface area contributed by atoms with E-state index in [1.165, 1.54) is 0 Å². The van der Waals surface area contributed by atoms with Gasteiger partial charge in [0.2, 0.25) is 0 Å². The molecule has 0 saturated carbocycles. The Labute approximate surface area is 90.1 Å². The number of dihydropyridines is 1. The van der Waals surface area contributed by atoms with E-state index in [-0.39, 0.29) is 5.84 Å². The lowest BCUT2D eigenvalue weighted by molar-refractivity contribution is 0.930. The van der Waals surface area contributed by atoms with Gasteiger partial charge in [-0.05, 0) is 30.9 Å². The van der Waals surface area contributed by atoms with Crippen LogP contribution in [0.2, 0.25) is 0 Å². The minimum atomic E-state index is 0.151. The molecule has 0 aliphatic carbocycles. The molecule has 78 valence electrons. The van der Waals surface area contributed by atoms with E-state index < -0.39 is 0 Å². The largest absolute Gasteiger partial charge is 0.365 e. The quantitative estimate of drug-likeness (QED) is 0.535. The molecule has 2 N–H and O–H groups in total. The average Bonchev–Trinajstić information content (AvgIpc) is 2.30. The Morgan fingerprint density at radius 2 is 2.40 bits per heavy atom. The number of nitrogens with one attached hydrogen (secondary N) is 2. The summed E-state index contributed by atoms with van der Waals surface area (Å²) in [5.41, 5.74) is 2.76. The summed E-state index contributed by atoms with van der Waals surface area (Å²) in [6, 6.07) is 0. The van der Waals surface area contributed by atoms with Crippen LogP contribution in [0.1, 0.15) is 13.3 Å². The summed E-state index contributed by atoms with van der Waals surface area (Å²) in [4.78, 5) is 3.61. The fourth-order valence-electron chi connectivity index (χ4n) is 1.32. The molecule has 0 bridgehead atoms. The summed E-state index contributed by atoms with van der Waals surface area (Å²) in [5.74, 6) is 0.151. The Morgan fingerprint density at radius 1 is 1.67 bits per heavy atom. The van der Waals surface area contributed by atoms with Gasteiger partial charge in [0.15, 0.2) is 5.84 Å². The molecule has 3 nitrogen and oxygen atoms in total. The maximum atomic E-state index is 7.61. The number of allylic oxidation sites excluding steroid dienone is 4. The molecule has 0 radical (unpaired) electrons. The Morgan fingerprint density at radius 3 is 2.93 bits per heavy atom. The van der Waals surface area contributed by atoms with Crippen LogP contribution in [0.3, 0.4) is 0 Å². The summed E-state index contributed by atoms with van der Waals surface area (Å²) in [5, 5.41) is 10.7. The maximum Gasteiger partial charge on any atom is 0.151 e. The summed E-state index contributed by atoms with van der Waals surface area (Å²) >= 11 is 0. The van der Waals surface area contributed by atoms with Crippen molar-refractivity contribution in [2.24, 2.45) is 4.99 Å². The monoisotopic (exact) mass is 201 g/mol. The number of hydrogen-bond acceptors (Lipinski definition) is 2. The predicted octanol–water partition coefficient (Wildman–Crippen LogP) is 2.56. The molecule has 0 aromatic rings. The smallest absolute Gasteiger partial charge is 0.151 e. The van der Waals surface area contributed by atoms with Crippen LogP contribution in [-0.4, -0.2) is 12.6 Å². The van der Waals surface area contributed by atoms with Crippen molar-refractivity contribution in [3.8, 4) is 0 Å². The van der Waals surface area contributed by atoms with Crippen LogP contribution in [0.15, 0.2) is 52.8 Å². The lowest BCUT2D eigenvalue weighted by Gasteiger charge is -2.12. The number of rotatable bonds is 3. The van der Waals surface area contributed by atoms with Crippen molar-refractivity contribution in [3.63, 3.8) is 0 Å². The Bertz CT molecular complexity index is 384. The van der Waals surface area contributed by atoms with Crippen molar-refractivity contribution in [1.82, 2.24) is 5.32 Å². The van der Waals surface area contributed by atoms with Crippen molar-refractivity contribution in [1.29, 1.82) is 5.41 Å². The van der Waals surface area contributed by atoms with Crippen molar-refractivity contribution in [2.75, 3.05) is 0 Å². The molecule has 15 heavy (non-hydrogen) atoms. The molecular weight excluding hydrogens is 186 g/mol. The van der Waals surface area contributed by atoms with Gasteiger partial charge in [0.1, 0.15) is 0 Å². The molecule has 0 aromatic heterocycles. The summed E-state index contributed by atoms with van der Waals surface area (Å²) < 4.78 is 0. The third-order valence-electron chi connectivity index (χ3n) is 2.17. The van der Waals surface area contributed by atoms with E-state index in [2.05, 4.69) is 30.5 Å². The summed E-state index contributed by atoms with van der Waals surface area (Å²) in [6.07, 6.45) is 8.31. The number of nitrogens with zero attached hydrogens (tertiary/aromatic N) is 1. The second kappa shape index (κ2) is 5.10. The van der Waals surface area contributed by atoms with E-state index in [1.54, 1.807) is 6.08 Å². The van der Waals surface area contributed by atoms with Crippen LogP contribution < -0.4 is 5.32 Å². The van der Waals surface area contributed by atoms with E-state index in [9.17, 15) is 0 Å². The fourth-order valence-corrected chi connectivity index (χ4v) is 1.32. The van der Waals surface area contributed by atoms with Crippen LogP contribution in [0, 0.1) is 5.41 Å². The van der Waals surface area contributed by atoms with Crippen LogP contribution in [0.5, 0.6) is 0 Å². The lowest BCUT2D eigenvalue weighted by atomic mass is 10.0. The summed E-state index contributed by atoms with van der Waals surface area (Å²) in [7, 11) is 0. The highest BCUT2D eigenvalue weighted by atomic mass is 14.9. The highest BCUT2D eigenvalue weighted by Gasteiger charge is 2.07. The van der Waals surface area contributed by atoms with Crippen LogP contribution in [-0.2, 0) is 0 Å². The Hall–Kier alpha value is -1.90. The Kier molecular flexibility index (Phi) is 3.80. The van der Waals surface area contributed by atoms with E-state index in [1.807, 2.05) is 18.4 Å². The van der Waals surface area contributed by atoms with Crippen molar-refractivity contribution in [3.05, 3.63) is 47.9 Å². The van der Waals surface area contributed by atoms with Gasteiger partial charge in [-0.2, -0.15) is 0 Å². The van der Waals surface area contributed by atoms with Gasteiger partial charge in [0.05, 0.1) is 0 Å². The van der Waals surface area contributed by atoms with Gasteiger partial charge in [-0.25, -0.2) is 4.99 Å². The van der Waals surface area contributed by atoms with Gasteiger partial charge < -0.3 is 5.32 Å². The van der Waals surface area contributed by atoms with Gasteiger partial charge in [-0.1, -0.05) is 19.6 Å². The topological polar surface area (TPSA) is 48.2 Å². The zero-order valence-electron chi connectivity index (χ0n) is 8.88. The van der Waals surface area contributed by atoms with Gasteiger partial charge in [0.25, 0.3) is 0 Å². The second-order valence-electron chi connectivity index (χ2n) is 3.08. The normalized spacial score (nSPS) is 17.5. The number of aliphatic imine (C=N–C) groups is 1. The second-order valence-corrected chi connectivity index (χ2v) is 3.08. The minimum Gasteiger partial charge on any atom is -0.365 e. The molecule has 1 aliphatic rings. The maximum absolute atomic E-state index is 7.61. The number of amidine groups is 1. The molecule has 0 spiro atoms. The van der Waals surface area contributed by atoms with E-state index >= 15 is 0 Å². The van der Waals surface area contributed by atoms with Crippen molar-refractivity contribution in [2.45, 2.75) is 13.3 Å². The first-order valence-electron chi connectivity index (χ1n) is 4.79. The third kappa shape index (κ3) is 2.53. The van der Waals surface area contributed by atoms with Crippen LogP contribution in [0.4, 0.5) is 0 Å². The predicted molar refractivity (Wildman–Crippen MR) is 65.1 cm³/mol. The van der Waals surface area contributed by atoms with E-state index in [4.69, 9.17) is 5.41 Å². The Balaban J connectivity index is 3.15. The first-order chi connectivity index (χ1) is 7.22. The molecule has 1 rings (SSSR count). The molecule has 0 saturated heterocycles. The van der Waals surface area contributed by atoms with Gasteiger partial charge in [-0.15, -0.1) is 0 Å². The van der Waals surface area contributed by atoms with Crippen molar-refractivity contribution < 1.29 is 0 Å². The standard InChI is InChI=1S/C12H15N3/c1-4-10-8-9(6-7-15-10)11(5-2)12(13)14-3/h5-8,13,15H,2-4H2,1H3. The zero-order valence-corrected chi connectivity index (χ0v) is 8.88. The summed E-state index contributed by atoms with van der Waals surface area (Å²) in [6.45, 7) is 9.10. The molecule has 0 amide bonds. The minimum absolute atomic E-state index is 0.151. The molecule has 0 atom stereocenters. The lowest BCUT2D eigenvalue weighted by Crippen LogP contribution is -2.09. The average molecular weight is 201 g/mol. The third-order valence-corrected chi connectivity index (χ3v) is 2.17. The molecule has 3 heteroatoms. The molecule has 1 aliphatic heterocycles. The molecular formula is C12H15N3. The highest BCUT2D eigenvalue weighted by molar-refractivity contribution is 6.02. The van der Waals surface area contributed by atoms with Gasteiger partial charge in [-0.3, -0.25) is 5.41 Å². The molecule has 0 aromatic carbocycles. The highest BCUT2D eigenvalue weighted by Crippen LogP contribution is 2.16. The van der Waals surface area contributed by atoms with Gasteiger partial charge >= 0.3 is 0 Å². The van der Waals surface area contributed by atoms with Gasteiger partial charge in [0, 0.05) is 17.5 Å². The fraction of sp³-hybridized carbons (Fsp3) is 0.167. The van der Waals surface area contributed by atoms with Crippen molar-refractivity contribution >= 4 is 12.6 Å². The van der Waals surface area contributed by atoms with E-state index in [0.717, 1.165) is 17.7 Å².